The van der Waals surface area contributed by atoms with Crippen LogP contribution in [0.1, 0.15) is 107 Å². The Morgan fingerprint density at radius 1 is 0.947 bits per heavy atom. The molecule has 5 nitrogen and oxygen atoms in total. The molecule has 0 bridgehead atoms. The normalized spacial score (nSPS) is 51.9. The molecule has 5 aliphatic carbocycles. The molecule has 5 heteroatoms. The summed E-state index contributed by atoms with van der Waals surface area (Å²) in [4.78, 5) is 40.1. The Hall–Kier alpha value is -1.65. The molecule has 1 amide bonds. The van der Waals surface area contributed by atoms with Crippen molar-refractivity contribution < 1.29 is 19.1 Å². The second-order valence-electron chi connectivity index (χ2n) is 15.4. The Morgan fingerprint density at radius 3 is 2.26 bits per heavy atom. The largest absolute Gasteiger partial charge is 0.469 e. The van der Waals surface area contributed by atoms with Gasteiger partial charge in [0.1, 0.15) is 0 Å². The molecule has 5 aliphatic rings. The number of amides is 1. The first kappa shape index (κ1) is 27.9. The van der Waals surface area contributed by atoms with E-state index in [1.54, 1.807) is 0 Å². The van der Waals surface area contributed by atoms with E-state index in [4.69, 9.17) is 4.74 Å². The van der Waals surface area contributed by atoms with Crippen molar-refractivity contribution in [2.24, 2.45) is 56.7 Å². The molecule has 212 valence electrons. The van der Waals surface area contributed by atoms with Crippen LogP contribution < -0.4 is 5.32 Å². The molecule has 0 aromatic rings. The first-order valence-corrected chi connectivity index (χ1v) is 15.2. The van der Waals surface area contributed by atoms with E-state index in [0.717, 1.165) is 25.7 Å². The monoisotopic (exact) mass is 525 g/mol. The summed E-state index contributed by atoms with van der Waals surface area (Å²) < 4.78 is 5.40. The molecule has 0 spiro atoms. The zero-order chi connectivity index (χ0) is 28.1. The van der Waals surface area contributed by atoms with Gasteiger partial charge in [-0.25, -0.2) is 0 Å². The van der Waals surface area contributed by atoms with E-state index in [9.17, 15) is 14.4 Å². The zero-order valence-electron chi connectivity index (χ0n) is 25.3. The van der Waals surface area contributed by atoms with Crippen molar-refractivity contribution in [3.8, 4) is 0 Å². The molecule has 0 aromatic carbocycles. The summed E-state index contributed by atoms with van der Waals surface area (Å²) in [6.45, 7) is 18.0. The van der Waals surface area contributed by atoms with Crippen LogP contribution in [-0.4, -0.2) is 30.8 Å². The SMILES string of the molecule is COC(=O)[C@@]1(C)C(NC(C)=O)CC[C@@]2(C)C1CC[C@]1(C)C2C(=O)C=C2C3[C@@H](C)[C@H](C)CC[C@]3(C)CC[C@]21C. The average molecular weight is 526 g/mol. The molecule has 38 heavy (non-hydrogen) atoms. The smallest absolute Gasteiger partial charge is 0.313 e. The van der Waals surface area contributed by atoms with Crippen molar-refractivity contribution in [1.29, 1.82) is 0 Å². The summed E-state index contributed by atoms with van der Waals surface area (Å²) in [5.41, 5.74) is 0.350. The lowest BCUT2D eigenvalue weighted by molar-refractivity contribution is -0.203. The lowest BCUT2D eigenvalue weighted by atomic mass is 9.33. The van der Waals surface area contributed by atoms with E-state index in [0.29, 0.717) is 24.2 Å². The number of hydrogen-bond acceptors (Lipinski definition) is 4. The molecule has 4 fully saturated rings. The number of ketones is 1. The number of hydrogen-bond donors (Lipinski definition) is 1. The van der Waals surface area contributed by atoms with Crippen molar-refractivity contribution in [3.63, 3.8) is 0 Å². The summed E-state index contributed by atoms with van der Waals surface area (Å²) in [5.74, 6) is 1.45. The third kappa shape index (κ3) is 3.38. The van der Waals surface area contributed by atoms with Crippen LogP contribution in [-0.2, 0) is 19.1 Å². The van der Waals surface area contributed by atoms with Crippen LogP contribution in [0.15, 0.2) is 11.6 Å². The summed E-state index contributed by atoms with van der Waals surface area (Å²) in [5, 5.41) is 3.09. The summed E-state index contributed by atoms with van der Waals surface area (Å²) in [7, 11) is 1.45. The highest BCUT2D eigenvalue weighted by molar-refractivity contribution is 5.96. The third-order valence-electron chi connectivity index (χ3n) is 13.8. The van der Waals surface area contributed by atoms with Crippen molar-refractivity contribution in [3.05, 3.63) is 11.6 Å². The van der Waals surface area contributed by atoms with Gasteiger partial charge in [0.2, 0.25) is 5.91 Å². The number of ether oxygens (including phenoxy) is 1. The fraction of sp³-hybridized carbons (Fsp3) is 0.848. The first-order chi connectivity index (χ1) is 17.6. The van der Waals surface area contributed by atoms with Crippen molar-refractivity contribution in [2.75, 3.05) is 7.11 Å². The Bertz CT molecular complexity index is 1080. The van der Waals surface area contributed by atoms with Gasteiger partial charge < -0.3 is 10.1 Å². The summed E-state index contributed by atoms with van der Waals surface area (Å²) >= 11 is 0. The van der Waals surface area contributed by atoms with Crippen molar-refractivity contribution >= 4 is 17.7 Å². The molecule has 1 N–H and O–H groups in total. The van der Waals surface area contributed by atoms with Crippen LogP contribution in [0.2, 0.25) is 0 Å². The highest BCUT2D eigenvalue weighted by atomic mass is 16.5. The molecule has 0 aromatic heterocycles. The van der Waals surface area contributed by atoms with E-state index in [-0.39, 0.29) is 57.2 Å². The summed E-state index contributed by atoms with van der Waals surface area (Å²) in [6.07, 6.45) is 10.3. The van der Waals surface area contributed by atoms with Crippen LogP contribution in [0.5, 0.6) is 0 Å². The van der Waals surface area contributed by atoms with E-state index < -0.39 is 5.41 Å². The number of carbonyl (C=O) groups is 3. The molecule has 11 atom stereocenters. The van der Waals surface area contributed by atoms with Gasteiger partial charge in [-0.05, 0) is 110 Å². The fourth-order valence-electron chi connectivity index (χ4n) is 11.4. The lowest BCUT2D eigenvalue weighted by Crippen LogP contribution is -2.69. The minimum Gasteiger partial charge on any atom is -0.469 e. The zero-order valence-corrected chi connectivity index (χ0v) is 25.3. The highest BCUT2D eigenvalue weighted by Gasteiger charge is 2.72. The van der Waals surface area contributed by atoms with Gasteiger partial charge in [-0.3, -0.25) is 14.4 Å². The van der Waals surface area contributed by atoms with E-state index in [2.05, 4.69) is 52.9 Å². The Labute approximate surface area is 230 Å². The highest BCUT2D eigenvalue weighted by Crippen LogP contribution is 2.75. The molecule has 5 rings (SSSR count). The third-order valence-corrected chi connectivity index (χ3v) is 13.8. The number of fused-ring (bicyclic) bond motifs is 7. The van der Waals surface area contributed by atoms with Crippen LogP contribution in [0.25, 0.3) is 0 Å². The quantitative estimate of drug-likeness (QED) is 0.418. The average Bonchev–Trinajstić information content (AvgIpc) is 2.84. The molecular formula is C33H51NO4. The van der Waals surface area contributed by atoms with Gasteiger partial charge in [-0.1, -0.05) is 47.1 Å². The second-order valence-corrected chi connectivity index (χ2v) is 15.4. The minimum absolute atomic E-state index is 0.0226. The minimum atomic E-state index is -0.863. The van der Waals surface area contributed by atoms with Gasteiger partial charge in [0.25, 0.3) is 0 Å². The number of allylic oxidation sites excluding steroid dienone is 2. The predicted octanol–water partition coefficient (Wildman–Crippen LogP) is 6.50. The molecule has 0 saturated heterocycles. The number of methoxy groups -OCH3 is 1. The van der Waals surface area contributed by atoms with Crippen molar-refractivity contribution in [1.82, 2.24) is 5.32 Å². The summed E-state index contributed by atoms with van der Waals surface area (Å²) in [6, 6.07) is -0.282. The predicted molar refractivity (Wildman–Crippen MR) is 149 cm³/mol. The Balaban J connectivity index is 1.62. The van der Waals surface area contributed by atoms with Gasteiger partial charge in [0.05, 0.1) is 12.5 Å². The number of rotatable bonds is 2. The standard InChI is InChI=1S/C33H51NO4/c1-19-10-13-29(4)16-17-31(6)22(26(29)20(19)2)18-23(36)27-30(5)14-12-25(34-21(3)35)33(8,28(37)38-9)24(30)11-15-32(27,31)7/h18-20,24-27H,10-17H2,1-9H3,(H,34,35)/t19-,20+,24?,25?,26?,27?,29-,30+,31-,32-,33-/m1/s1. The van der Waals surface area contributed by atoms with Crippen LogP contribution in [0.3, 0.4) is 0 Å². The fourth-order valence-corrected chi connectivity index (χ4v) is 11.4. The van der Waals surface area contributed by atoms with Gasteiger partial charge in [0, 0.05) is 18.9 Å². The van der Waals surface area contributed by atoms with E-state index in [1.807, 2.05) is 6.92 Å². The maximum absolute atomic E-state index is 14.5. The number of nitrogens with one attached hydrogen (secondary N) is 1. The van der Waals surface area contributed by atoms with Gasteiger partial charge in [-0.2, -0.15) is 0 Å². The Morgan fingerprint density at radius 2 is 1.63 bits per heavy atom. The molecule has 0 radical (unpaired) electrons. The van der Waals surface area contributed by atoms with E-state index >= 15 is 0 Å². The van der Waals surface area contributed by atoms with Gasteiger partial charge >= 0.3 is 5.97 Å². The van der Waals surface area contributed by atoms with Crippen LogP contribution in [0.4, 0.5) is 0 Å². The molecule has 4 unspecified atom stereocenters. The molecule has 0 aliphatic heterocycles. The molecule has 4 saturated carbocycles. The number of carbonyl (C=O) groups excluding carboxylic acids is 3. The van der Waals surface area contributed by atoms with Crippen LogP contribution >= 0.6 is 0 Å². The van der Waals surface area contributed by atoms with E-state index in [1.165, 1.54) is 38.9 Å². The lowest BCUT2D eigenvalue weighted by Gasteiger charge is -2.70. The molecule has 0 heterocycles. The topological polar surface area (TPSA) is 72.5 Å². The van der Waals surface area contributed by atoms with Crippen LogP contribution in [0, 0.1) is 56.7 Å². The second kappa shape index (κ2) is 8.67. The Kier molecular flexibility index (Phi) is 6.37. The van der Waals surface area contributed by atoms with Crippen molar-refractivity contribution in [2.45, 2.75) is 113 Å². The number of esters is 1. The van der Waals surface area contributed by atoms with Gasteiger partial charge in [-0.15, -0.1) is 0 Å². The maximum atomic E-state index is 14.5. The maximum Gasteiger partial charge on any atom is 0.313 e. The first-order valence-electron chi connectivity index (χ1n) is 15.2. The van der Waals surface area contributed by atoms with Gasteiger partial charge in [0.15, 0.2) is 5.78 Å². The molecular weight excluding hydrogens is 474 g/mol.